The largest absolute Gasteiger partial charge is 0.472 e. The highest BCUT2D eigenvalue weighted by Gasteiger charge is 2.10. The topological polar surface area (TPSA) is 56.2 Å². The maximum atomic E-state index is 11.8. The van der Waals surface area contributed by atoms with Gasteiger partial charge in [-0.05, 0) is 17.2 Å². The highest BCUT2D eigenvalue weighted by molar-refractivity contribution is 5.97. The number of carbonyl (C=O) groups excluding carboxylic acids is 1. The number of benzene rings is 1. The summed E-state index contributed by atoms with van der Waals surface area (Å²) in [5.74, 6) is 0.0506. The van der Waals surface area contributed by atoms with E-state index in [1.54, 1.807) is 6.07 Å². The van der Waals surface area contributed by atoms with Crippen molar-refractivity contribution in [1.29, 1.82) is 0 Å². The van der Waals surface area contributed by atoms with Gasteiger partial charge in [-0.2, -0.15) is 0 Å². The molecule has 0 bridgehead atoms. The minimum Gasteiger partial charge on any atom is -0.472 e. The van der Waals surface area contributed by atoms with Gasteiger partial charge in [0.15, 0.2) is 5.78 Å². The van der Waals surface area contributed by atoms with E-state index in [0.29, 0.717) is 18.5 Å². The number of rotatable bonds is 4. The van der Waals surface area contributed by atoms with Crippen LogP contribution >= 0.6 is 0 Å². The van der Waals surface area contributed by atoms with Crippen molar-refractivity contribution in [1.82, 2.24) is 0 Å². The van der Waals surface area contributed by atoms with E-state index in [2.05, 4.69) is 0 Å². The van der Waals surface area contributed by atoms with Gasteiger partial charge in [-0.15, -0.1) is 0 Å². The summed E-state index contributed by atoms with van der Waals surface area (Å²) in [6, 6.07) is 9.39. The van der Waals surface area contributed by atoms with Crippen LogP contribution in [0, 0.1) is 0 Å². The second kappa shape index (κ2) is 4.77. The van der Waals surface area contributed by atoms with Gasteiger partial charge in [-0.3, -0.25) is 4.79 Å². The van der Waals surface area contributed by atoms with Gasteiger partial charge >= 0.3 is 0 Å². The highest BCUT2D eigenvalue weighted by Crippen LogP contribution is 2.12. The van der Waals surface area contributed by atoms with Crippen LogP contribution in [0.4, 0.5) is 0 Å². The molecule has 2 rings (SSSR count). The quantitative estimate of drug-likeness (QED) is 0.795. The Balaban J connectivity index is 2.18. The number of nitrogens with two attached hydrogens (primary N) is 1. The van der Waals surface area contributed by atoms with E-state index in [9.17, 15) is 4.79 Å². The molecule has 0 aliphatic heterocycles. The summed E-state index contributed by atoms with van der Waals surface area (Å²) in [5, 5.41) is 0. The lowest BCUT2D eigenvalue weighted by Gasteiger charge is -2.05. The van der Waals surface area contributed by atoms with Gasteiger partial charge in [0.1, 0.15) is 6.26 Å². The number of hydrogen-bond acceptors (Lipinski definition) is 3. The molecule has 0 amide bonds. The first-order valence-electron chi connectivity index (χ1n) is 5.13. The smallest absolute Gasteiger partial charge is 0.170 e. The summed E-state index contributed by atoms with van der Waals surface area (Å²) >= 11 is 0. The summed E-state index contributed by atoms with van der Waals surface area (Å²) in [6.07, 6.45) is 3.34. The Bertz CT molecular complexity index is 474. The Kier molecular flexibility index (Phi) is 3.17. The van der Waals surface area contributed by atoms with E-state index in [1.807, 2.05) is 24.3 Å². The first kappa shape index (κ1) is 10.6. The molecular weight excluding hydrogens is 202 g/mol. The SMILES string of the molecule is NCc1ccccc1CC(=O)c1ccoc1. The summed E-state index contributed by atoms with van der Waals surface area (Å²) in [5.41, 5.74) is 8.21. The predicted molar refractivity (Wildman–Crippen MR) is 61.1 cm³/mol. The molecule has 82 valence electrons. The lowest BCUT2D eigenvalue weighted by Crippen LogP contribution is -2.07. The molecule has 0 radical (unpaired) electrons. The Morgan fingerprint density at radius 1 is 1.19 bits per heavy atom. The molecule has 16 heavy (non-hydrogen) atoms. The fourth-order valence-electron chi connectivity index (χ4n) is 1.63. The van der Waals surface area contributed by atoms with Gasteiger partial charge in [0.25, 0.3) is 0 Å². The Labute approximate surface area is 93.9 Å². The number of hydrogen-bond donors (Lipinski definition) is 1. The number of ketones is 1. The van der Waals surface area contributed by atoms with E-state index in [-0.39, 0.29) is 5.78 Å². The number of carbonyl (C=O) groups is 1. The van der Waals surface area contributed by atoms with Crippen molar-refractivity contribution in [2.45, 2.75) is 13.0 Å². The van der Waals surface area contributed by atoms with E-state index in [1.165, 1.54) is 12.5 Å². The molecule has 0 aliphatic carbocycles. The molecule has 3 heteroatoms. The average Bonchev–Trinajstić information content (AvgIpc) is 2.83. The molecular formula is C13H13NO2. The fraction of sp³-hybridized carbons (Fsp3) is 0.154. The molecule has 3 nitrogen and oxygen atoms in total. The third kappa shape index (κ3) is 2.20. The average molecular weight is 215 g/mol. The zero-order valence-corrected chi connectivity index (χ0v) is 8.85. The number of furan rings is 1. The van der Waals surface area contributed by atoms with Gasteiger partial charge < -0.3 is 10.2 Å². The first-order valence-corrected chi connectivity index (χ1v) is 5.13. The highest BCUT2D eigenvalue weighted by atomic mass is 16.3. The molecule has 0 atom stereocenters. The summed E-state index contributed by atoms with van der Waals surface area (Å²) in [7, 11) is 0. The molecule has 0 unspecified atom stereocenters. The molecule has 0 aliphatic rings. The van der Waals surface area contributed by atoms with Gasteiger partial charge in [-0.25, -0.2) is 0 Å². The Morgan fingerprint density at radius 3 is 2.56 bits per heavy atom. The van der Waals surface area contributed by atoms with Crippen LogP contribution in [0.2, 0.25) is 0 Å². The maximum absolute atomic E-state index is 11.8. The van der Waals surface area contributed by atoms with Crippen LogP contribution in [0.25, 0.3) is 0 Å². The van der Waals surface area contributed by atoms with Crippen LogP contribution < -0.4 is 5.73 Å². The van der Waals surface area contributed by atoms with Gasteiger partial charge in [0.05, 0.1) is 11.8 Å². The van der Waals surface area contributed by atoms with Crippen LogP contribution in [0.1, 0.15) is 21.5 Å². The second-order valence-corrected chi connectivity index (χ2v) is 3.58. The third-order valence-corrected chi connectivity index (χ3v) is 2.53. The minimum absolute atomic E-state index is 0.0506. The van der Waals surface area contributed by atoms with Crippen LogP contribution in [0.15, 0.2) is 47.3 Å². The molecule has 2 N–H and O–H groups in total. The van der Waals surface area contributed by atoms with Gasteiger partial charge in [0, 0.05) is 13.0 Å². The van der Waals surface area contributed by atoms with E-state index in [0.717, 1.165) is 11.1 Å². The molecule has 0 fully saturated rings. The van der Waals surface area contributed by atoms with Crippen molar-refractivity contribution < 1.29 is 9.21 Å². The summed E-state index contributed by atoms with van der Waals surface area (Å²) in [6.45, 7) is 0.453. The van der Waals surface area contributed by atoms with Crippen molar-refractivity contribution in [3.63, 3.8) is 0 Å². The molecule has 2 aromatic rings. The number of Topliss-reactive ketones (excluding diaryl/α,β-unsaturated/α-hetero) is 1. The molecule has 0 spiro atoms. The third-order valence-electron chi connectivity index (χ3n) is 2.53. The maximum Gasteiger partial charge on any atom is 0.170 e. The monoisotopic (exact) mass is 215 g/mol. The van der Waals surface area contributed by atoms with E-state index < -0.39 is 0 Å². The van der Waals surface area contributed by atoms with Crippen molar-refractivity contribution in [3.05, 3.63) is 59.5 Å². The normalized spacial score (nSPS) is 10.3. The van der Waals surface area contributed by atoms with Crippen LogP contribution in [-0.4, -0.2) is 5.78 Å². The zero-order chi connectivity index (χ0) is 11.4. The zero-order valence-electron chi connectivity index (χ0n) is 8.85. The fourth-order valence-corrected chi connectivity index (χ4v) is 1.63. The minimum atomic E-state index is 0.0506. The van der Waals surface area contributed by atoms with Gasteiger partial charge in [-0.1, -0.05) is 24.3 Å². The molecule has 0 saturated heterocycles. The van der Waals surface area contributed by atoms with Crippen molar-refractivity contribution in [2.75, 3.05) is 0 Å². The summed E-state index contributed by atoms with van der Waals surface area (Å²) < 4.78 is 4.88. The second-order valence-electron chi connectivity index (χ2n) is 3.58. The van der Waals surface area contributed by atoms with E-state index >= 15 is 0 Å². The summed E-state index contributed by atoms with van der Waals surface area (Å²) in [4.78, 5) is 11.8. The van der Waals surface area contributed by atoms with Crippen molar-refractivity contribution >= 4 is 5.78 Å². The van der Waals surface area contributed by atoms with E-state index in [4.69, 9.17) is 10.2 Å². The molecule has 0 saturated carbocycles. The lowest BCUT2D eigenvalue weighted by atomic mass is 10.0. The van der Waals surface area contributed by atoms with Crippen molar-refractivity contribution in [3.8, 4) is 0 Å². The molecule has 1 aromatic carbocycles. The van der Waals surface area contributed by atoms with Gasteiger partial charge in [0.2, 0.25) is 0 Å². The van der Waals surface area contributed by atoms with Crippen LogP contribution in [0.5, 0.6) is 0 Å². The lowest BCUT2D eigenvalue weighted by molar-refractivity contribution is 0.0992. The standard InChI is InChI=1S/C13H13NO2/c14-8-11-4-2-1-3-10(11)7-13(15)12-5-6-16-9-12/h1-6,9H,7-8,14H2. The van der Waals surface area contributed by atoms with Crippen LogP contribution in [-0.2, 0) is 13.0 Å². The van der Waals surface area contributed by atoms with Crippen molar-refractivity contribution in [2.24, 2.45) is 5.73 Å². The Hall–Kier alpha value is -1.87. The first-order chi connectivity index (χ1) is 7.81. The molecule has 1 aromatic heterocycles. The Morgan fingerprint density at radius 2 is 1.94 bits per heavy atom. The van der Waals surface area contributed by atoms with Crippen LogP contribution in [0.3, 0.4) is 0 Å². The predicted octanol–water partition coefficient (Wildman–Crippen LogP) is 2.16. The molecule has 1 heterocycles.